The van der Waals surface area contributed by atoms with Crippen molar-refractivity contribution in [3.8, 4) is 17.0 Å². The van der Waals surface area contributed by atoms with Gasteiger partial charge in [-0.05, 0) is 31.2 Å². The molecule has 0 bridgehead atoms. The summed E-state index contributed by atoms with van der Waals surface area (Å²) >= 11 is 3.39. The third-order valence-corrected chi connectivity index (χ3v) is 2.81. The lowest BCUT2D eigenvalue weighted by Gasteiger charge is -2.08. The Kier molecular flexibility index (Phi) is 3.28. The monoisotopic (exact) mass is 294 g/mol. The third kappa shape index (κ3) is 2.55. The lowest BCUT2D eigenvalue weighted by atomic mass is 10.1. The maximum Gasteiger partial charge on any atom is 0.345 e. The van der Waals surface area contributed by atoms with Gasteiger partial charge >= 0.3 is 5.69 Å². The summed E-state index contributed by atoms with van der Waals surface area (Å²) in [4.78, 5) is 17.9. The van der Waals surface area contributed by atoms with Crippen LogP contribution in [-0.2, 0) is 0 Å². The first-order valence-electron chi connectivity index (χ1n) is 5.02. The van der Waals surface area contributed by atoms with E-state index in [1.807, 2.05) is 31.2 Å². The number of ether oxygens (including phenoxy) is 1. The largest absolute Gasteiger partial charge is 0.496 e. The zero-order chi connectivity index (χ0) is 12.4. The zero-order valence-corrected chi connectivity index (χ0v) is 11.0. The summed E-state index contributed by atoms with van der Waals surface area (Å²) in [6, 6.07) is 7.39. The second-order valence-corrected chi connectivity index (χ2v) is 4.51. The fourth-order valence-electron chi connectivity index (χ4n) is 1.60. The van der Waals surface area contributed by atoms with Crippen molar-refractivity contribution in [2.45, 2.75) is 6.92 Å². The zero-order valence-electron chi connectivity index (χ0n) is 9.45. The number of rotatable bonds is 2. The minimum Gasteiger partial charge on any atom is -0.496 e. The molecule has 17 heavy (non-hydrogen) atoms. The molecule has 0 unspecified atom stereocenters. The van der Waals surface area contributed by atoms with Crippen molar-refractivity contribution in [1.29, 1.82) is 0 Å². The normalized spacial score (nSPS) is 10.3. The third-order valence-electron chi connectivity index (χ3n) is 2.32. The molecule has 1 aromatic carbocycles. The molecule has 5 heteroatoms. The average Bonchev–Trinajstić information content (AvgIpc) is 2.27. The van der Waals surface area contributed by atoms with Crippen LogP contribution in [0.2, 0.25) is 0 Å². The molecule has 1 heterocycles. The van der Waals surface area contributed by atoms with Crippen LogP contribution in [0.25, 0.3) is 11.3 Å². The van der Waals surface area contributed by atoms with E-state index >= 15 is 0 Å². The van der Waals surface area contributed by atoms with E-state index in [2.05, 4.69) is 25.9 Å². The summed E-state index contributed by atoms with van der Waals surface area (Å²) in [6.45, 7) is 1.82. The highest BCUT2D eigenvalue weighted by atomic mass is 79.9. The van der Waals surface area contributed by atoms with Crippen molar-refractivity contribution in [3.63, 3.8) is 0 Å². The van der Waals surface area contributed by atoms with Gasteiger partial charge in [0.2, 0.25) is 0 Å². The molecule has 2 rings (SSSR count). The minimum atomic E-state index is -0.359. The number of aromatic amines is 1. The first-order chi connectivity index (χ1) is 8.10. The number of aryl methyl sites for hydroxylation is 1. The van der Waals surface area contributed by atoms with E-state index in [9.17, 15) is 4.79 Å². The molecule has 0 saturated carbocycles. The topological polar surface area (TPSA) is 55.0 Å². The summed E-state index contributed by atoms with van der Waals surface area (Å²) in [6.07, 6.45) is 0. The lowest BCUT2D eigenvalue weighted by molar-refractivity contribution is 0.416. The van der Waals surface area contributed by atoms with Crippen LogP contribution >= 0.6 is 15.9 Å². The molecule has 4 nitrogen and oxygen atoms in total. The molecule has 0 spiro atoms. The second-order valence-electron chi connectivity index (χ2n) is 3.60. The van der Waals surface area contributed by atoms with Crippen molar-refractivity contribution < 1.29 is 4.74 Å². The Morgan fingerprint density at radius 2 is 2.12 bits per heavy atom. The molecule has 2 aromatic rings. The Hall–Kier alpha value is -1.62. The molecule has 0 atom stereocenters. The van der Waals surface area contributed by atoms with Gasteiger partial charge in [0.25, 0.3) is 0 Å². The van der Waals surface area contributed by atoms with E-state index in [-0.39, 0.29) is 5.69 Å². The molecule has 0 fully saturated rings. The lowest BCUT2D eigenvalue weighted by Crippen LogP contribution is -2.12. The maximum atomic E-state index is 11.3. The highest BCUT2D eigenvalue weighted by Gasteiger charge is 2.09. The van der Waals surface area contributed by atoms with Crippen LogP contribution in [0.15, 0.2) is 33.5 Å². The number of aromatic nitrogens is 2. The van der Waals surface area contributed by atoms with Crippen molar-refractivity contribution in [2.75, 3.05) is 7.11 Å². The molecule has 0 aliphatic rings. The van der Waals surface area contributed by atoms with Gasteiger partial charge in [-0.25, -0.2) is 4.79 Å². The highest BCUT2D eigenvalue weighted by molar-refractivity contribution is 9.10. The maximum absolute atomic E-state index is 11.3. The quantitative estimate of drug-likeness (QED) is 0.926. The average molecular weight is 295 g/mol. The van der Waals surface area contributed by atoms with Gasteiger partial charge in [-0.3, -0.25) is 0 Å². The Morgan fingerprint density at radius 1 is 1.35 bits per heavy atom. The van der Waals surface area contributed by atoms with E-state index in [1.54, 1.807) is 7.11 Å². The molecule has 0 aliphatic carbocycles. The van der Waals surface area contributed by atoms with Gasteiger partial charge in [0.15, 0.2) is 0 Å². The molecule has 1 aromatic heterocycles. The smallest absolute Gasteiger partial charge is 0.345 e. The van der Waals surface area contributed by atoms with E-state index in [1.165, 1.54) is 0 Å². The molecule has 1 N–H and O–H groups in total. The molecule has 0 saturated heterocycles. The fourth-order valence-corrected chi connectivity index (χ4v) is 1.96. The van der Waals surface area contributed by atoms with Gasteiger partial charge in [-0.2, -0.15) is 4.98 Å². The molecule has 88 valence electrons. The number of H-pyrrole nitrogens is 1. The van der Waals surface area contributed by atoms with Gasteiger partial charge in [0.05, 0.1) is 12.8 Å². The van der Waals surface area contributed by atoms with Crippen molar-refractivity contribution in [3.05, 3.63) is 44.9 Å². The van der Waals surface area contributed by atoms with Crippen molar-refractivity contribution in [2.24, 2.45) is 0 Å². The Bertz CT molecular complexity index is 608. The second kappa shape index (κ2) is 4.71. The summed E-state index contributed by atoms with van der Waals surface area (Å²) < 4.78 is 6.17. The minimum absolute atomic E-state index is 0.359. The number of hydrogen-bond donors (Lipinski definition) is 1. The van der Waals surface area contributed by atoms with Crippen molar-refractivity contribution in [1.82, 2.24) is 9.97 Å². The number of methoxy groups -OCH3 is 1. The number of benzene rings is 1. The molecule has 0 radical (unpaired) electrons. The molecule has 0 aliphatic heterocycles. The van der Waals surface area contributed by atoms with Gasteiger partial charge in [0, 0.05) is 15.7 Å². The predicted molar refractivity (Wildman–Crippen MR) is 69.3 cm³/mol. The van der Waals surface area contributed by atoms with Gasteiger partial charge < -0.3 is 9.72 Å². The van der Waals surface area contributed by atoms with Crippen LogP contribution in [-0.4, -0.2) is 17.1 Å². The number of nitrogens with one attached hydrogen (secondary N) is 1. The van der Waals surface area contributed by atoms with Gasteiger partial charge in [-0.15, -0.1) is 0 Å². The van der Waals surface area contributed by atoms with Crippen LogP contribution in [0.1, 0.15) is 5.69 Å². The number of halogens is 1. The number of hydrogen-bond acceptors (Lipinski definition) is 3. The van der Waals surface area contributed by atoms with Crippen LogP contribution < -0.4 is 10.4 Å². The summed E-state index contributed by atoms with van der Waals surface area (Å²) in [5.41, 5.74) is 1.80. The summed E-state index contributed by atoms with van der Waals surface area (Å²) in [7, 11) is 1.59. The van der Waals surface area contributed by atoms with Crippen LogP contribution in [0.5, 0.6) is 5.75 Å². The highest BCUT2D eigenvalue weighted by Crippen LogP contribution is 2.30. The van der Waals surface area contributed by atoms with E-state index in [0.29, 0.717) is 11.4 Å². The van der Waals surface area contributed by atoms with Crippen LogP contribution in [0.4, 0.5) is 0 Å². The van der Waals surface area contributed by atoms with Crippen LogP contribution in [0.3, 0.4) is 0 Å². The van der Waals surface area contributed by atoms with E-state index in [4.69, 9.17) is 4.74 Å². The van der Waals surface area contributed by atoms with E-state index < -0.39 is 0 Å². The van der Waals surface area contributed by atoms with Gasteiger partial charge in [-0.1, -0.05) is 15.9 Å². The first kappa shape index (κ1) is 11.9. The van der Waals surface area contributed by atoms with Crippen LogP contribution in [0, 0.1) is 6.92 Å². The van der Waals surface area contributed by atoms with E-state index in [0.717, 1.165) is 15.7 Å². The summed E-state index contributed by atoms with van der Waals surface area (Å²) in [5.74, 6) is 0.686. The van der Waals surface area contributed by atoms with Crippen molar-refractivity contribution >= 4 is 15.9 Å². The number of nitrogens with zero attached hydrogens (tertiary/aromatic N) is 1. The Labute approximate surface area is 107 Å². The summed E-state index contributed by atoms with van der Waals surface area (Å²) in [5, 5.41) is 0. The predicted octanol–water partition coefficient (Wildman–Crippen LogP) is 2.52. The van der Waals surface area contributed by atoms with Gasteiger partial charge in [0.1, 0.15) is 5.75 Å². The molecule has 0 amide bonds. The molecular formula is C12H11BrN2O2. The fraction of sp³-hybridized carbons (Fsp3) is 0.167. The Balaban J connectivity index is 2.66. The molecular weight excluding hydrogens is 284 g/mol. The Morgan fingerprint density at radius 3 is 2.76 bits per heavy atom. The standard InChI is InChI=1S/C12H11BrN2O2/c1-7-5-10(15-12(16)14-7)9-6-8(13)3-4-11(9)17-2/h3-6H,1-2H3,(H,14,15,16). The SMILES string of the molecule is COc1ccc(Br)cc1-c1cc(C)[nH]c(=O)n1. The first-order valence-corrected chi connectivity index (χ1v) is 5.81.